The zero-order chi connectivity index (χ0) is 11.4. The number of ether oxygens (including phenoxy) is 1. The molecular formula is C11H15N3O2. The smallest absolute Gasteiger partial charge is 0.257 e. The van der Waals surface area contributed by atoms with Gasteiger partial charge in [-0.2, -0.15) is 0 Å². The maximum absolute atomic E-state index is 11.9. The second-order valence-electron chi connectivity index (χ2n) is 3.72. The minimum absolute atomic E-state index is 0.126. The van der Waals surface area contributed by atoms with E-state index >= 15 is 0 Å². The molecule has 0 radical (unpaired) electrons. The van der Waals surface area contributed by atoms with Crippen molar-refractivity contribution in [2.24, 2.45) is 0 Å². The Hall–Kier alpha value is -1.62. The first-order chi connectivity index (χ1) is 7.81. The predicted molar refractivity (Wildman–Crippen MR) is 59.5 cm³/mol. The lowest BCUT2D eigenvalue weighted by Crippen LogP contribution is -2.36. The van der Waals surface area contributed by atoms with Crippen molar-refractivity contribution in [1.82, 2.24) is 15.6 Å². The summed E-state index contributed by atoms with van der Waals surface area (Å²) < 4.78 is 5.04. The fraction of sp³-hybridized carbons (Fsp3) is 0.455. The molecule has 5 nitrogen and oxygen atoms in total. The van der Waals surface area contributed by atoms with Crippen molar-refractivity contribution in [3.63, 3.8) is 0 Å². The second kappa shape index (κ2) is 4.94. The van der Waals surface area contributed by atoms with Crippen molar-refractivity contribution < 1.29 is 9.53 Å². The van der Waals surface area contributed by atoms with E-state index in [2.05, 4.69) is 15.6 Å². The summed E-state index contributed by atoms with van der Waals surface area (Å²) in [5, 5.41) is 6.14. The van der Waals surface area contributed by atoms with E-state index in [0.717, 1.165) is 19.5 Å². The fourth-order valence-corrected chi connectivity index (χ4v) is 1.77. The molecule has 2 rings (SSSR count). The molecule has 1 atom stereocenters. The van der Waals surface area contributed by atoms with Crippen molar-refractivity contribution in [2.45, 2.75) is 12.5 Å². The van der Waals surface area contributed by atoms with Crippen LogP contribution in [0.2, 0.25) is 0 Å². The van der Waals surface area contributed by atoms with Gasteiger partial charge in [-0.05, 0) is 25.1 Å². The molecule has 1 aliphatic heterocycles. The van der Waals surface area contributed by atoms with E-state index in [0.29, 0.717) is 11.4 Å². The molecule has 0 aliphatic carbocycles. The lowest BCUT2D eigenvalue weighted by molar-refractivity contribution is 0.0936. The van der Waals surface area contributed by atoms with E-state index in [-0.39, 0.29) is 11.9 Å². The Morgan fingerprint density at radius 3 is 3.25 bits per heavy atom. The molecule has 5 heteroatoms. The maximum Gasteiger partial charge on any atom is 0.257 e. The predicted octanol–water partition coefficient (Wildman–Crippen LogP) is 0.182. The molecular weight excluding hydrogens is 206 g/mol. The third kappa shape index (κ3) is 2.30. The zero-order valence-electron chi connectivity index (χ0n) is 9.19. The first-order valence-corrected chi connectivity index (χ1v) is 5.32. The number of pyridine rings is 1. The summed E-state index contributed by atoms with van der Waals surface area (Å²) in [6.45, 7) is 1.78. The van der Waals surface area contributed by atoms with Crippen molar-refractivity contribution >= 4 is 5.91 Å². The van der Waals surface area contributed by atoms with Gasteiger partial charge in [-0.3, -0.25) is 4.79 Å². The number of nitrogens with one attached hydrogen (secondary N) is 2. The average molecular weight is 221 g/mol. The van der Waals surface area contributed by atoms with Crippen molar-refractivity contribution in [1.29, 1.82) is 0 Å². The number of amides is 1. The van der Waals surface area contributed by atoms with Gasteiger partial charge in [-0.15, -0.1) is 0 Å². The SMILES string of the molecule is COc1ncccc1C(=O)N[C@H]1CCNC1. The van der Waals surface area contributed by atoms with Crippen LogP contribution in [0.3, 0.4) is 0 Å². The number of aromatic nitrogens is 1. The summed E-state index contributed by atoms with van der Waals surface area (Å²) >= 11 is 0. The summed E-state index contributed by atoms with van der Waals surface area (Å²) in [5.41, 5.74) is 0.483. The quantitative estimate of drug-likeness (QED) is 0.764. The number of hydrogen-bond donors (Lipinski definition) is 2. The maximum atomic E-state index is 11.9. The Morgan fingerprint density at radius 2 is 2.56 bits per heavy atom. The van der Waals surface area contributed by atoms with Crippen LogP contribution in [-0.4, -0.2) is 37.1 Å². The zero-order valence-corrected chi connectivity index (χ0v) is 9.19. The van der Waals surface area contributed by atoms with Gasteiger partial charge in [0.1, 0.15) is 5.56 Å². The van der Waals surface area contributed by atoms with Crippen LogP contribution < -0.4 is 15.4 Å². The molecule has 86 valence electrons. The number of nitrogens with zero attached hydrogens (tertiary/aromatic N) is 1. The molecule has 2 heterocycles. The number of carbonyl (C=O) groups is 1. The van der Waals surface area contributed by atoms with E-state index < -0.39 is 0 Å². The van der Waals surface area contributed by atoms with E-state index in [9.17, 15) is 4.79 Å². The van der Waals surface area contributed by atoms with Crippen molar-refractivity contribution in [3.8, 4) is 5.88 Å². The van der Waals surface area contributed by atoms with E-state index in [1.807, 2.05) is 0 Å². The Labute approximate surface area is 94.2 Å². The average Bonchev–Trinajstić information content (AvgIpc) is 2.81. The lowest BCUT2D eigenvalue weighted by atomic mass is 10.2. The molecule has 0 aromatic carbocycles. The van der Waals surface area contributed by atoms with Gasteiger partial charge in [0.2, 0.25) is 5.88 Å². The van der Waals surface area contributed by atoms with Gasteiger partial charge in [-0.25, -0.2) is 4.98 Å². The normalized spacial score (nSPS) is 19.4. The molecule has 0 spiro atoms. The number of rotatable bonds is 3. The highest BCUT2D eigenvalue weighted by Crippen LogP contribution is 2.13. The first-order valence-electron chi connectivity index (χ1n) is 5.32. The highest BCUT2D eigenvalue weighted by molar-refractivity contribution is 5.96. The van der Waals surface area contributed by atoms with Crippen LogP contribution in [0.15, 0.2) is 18.3 Å². The van der Waals surface area contributed by atoms with Crippen LogP contribution in [0.25, 0.3) is 0 Å². The third-order valence-electron chi connectivity index (χ3n) is 2.60. The monoisotopic (exact) mass is 221 g/mol. The molecule has 2 N–H and O–H groups in total. The van der Waals surface area contributed by atoms with Crippen LogP contribution in [0.4, 0.5) is 0 Å². The molecule has 0 unspecified atom stereocenters. The molecule has 0 saturated carbocycles. The molecule has 0 bridgehead atoms. The Bertz CT molecular complexity index is 375. The molecule has 16 heavy (non-hydrogen) atoms. The highest BCUT2D eigenvalue weighted by Gasteiger charge is 2.19. The summed E-state index contributed by atoms with van der Waals surface area (Å²) in [5.74, 6) is 0.240. The van der Waals surface area contributed by atoms with Gasteiger partial charge in [0.25, 0.3) is 5.91 Å². The molecule has 1 saturated heterocycles. The Balaban J connectivity index is 2.07. The molecule has 1 amide bonds. The summed E-state index contributed by atoms with van der Waals surface area (Å²) in [6.07, 6.45) is 2.57. The standard InChI is InChI=1S/C11H15N3O2/c1-16-11-9(3-2-5-13-11)10(15)14-8-4-6-12-7-8/h2-3,5,8,12H,4,6-7H2,1H3,(H,14,15)/t8-/m0/s1. The van der Waals surface area contributed by atoms with Gasteiger partial charge in [-0.1, -0.05) is 0 Å². The van der Waals surface area contributed by atoms with Gasteiger partial charge >= 0.3 is 0 Å². The Kier molecular flexibility index (Phi) is 3.36. The van der Waals surface area contributed by atoms with Gasteiger partial charge in [0, 0.05) is 18.8 Å². The molecule has 1 aromatic rings. The van der Waals surface area contributed by atoms with Gasteiger partial charge in [0.05, 0.1) is 7.11 Å². The second-order valence-corrected chi connectivity index (χ2v) is 3.72. The largest absolute Gasteiger partial charge is 0.480 e. The highest BCUT2D eigenvalue weighted by atomic mass is 16.5. The topological polar surface area (TPSA) is 63.2 Å². The van der Waals surface area contributed by atoms with Crippen molar-refractivity contribution in [2.75, 3.05) is 20.2 Å². The minimum atomic E-state index is -0.126. The Morgan fingerprint density at radius 1 is 1.69 bits per heavy atom. The summed E-state index contributed by atoms with van der Waals surface area (Å²) in [4.78, 5) is 15.9. The van der Waals surface area contributed by atoms with Crippen LogP contribution in [0.1, 0.15) is 16.8 Å². The molecule has 1 fully saturated rings. The first kappa shape index (κ1) is 10.9. The van der Waals surface area contributed by atoms with Crippen LogP contribution in [0.5, 0.6) is 5.88 Å². The van der Waals surface area contributed by atoms with Gasteiger partial charge < -0.3 is 15.4 Å². The summed E-state index contributed by atoms with van der Waals surface area (Å²) in [7, 11) is 1.51. The number of methoxy groups -OCH3 is 1. The summed E-state index contributed by atoms with van der Waals surface area (Å²) in [6, 6.07) is 3.64. The lowest BCUT2D eigenvalue weighted by Gasteiger charge is -2.12. The third-order valence-corrected chi connectivity index (χ3v) is 2.60. The number of carbonyl (C=O) groups excluding carboxylic acids is 1. The van der Waals surface area contributed by atoms with Crippen LogP contribution in [0, 0.1) is 0 Å². The fourth-order valence-electron chi connectivity index (χ4n) is 1.77. The van der Waals surface area contributed by atoms with E-state index in [1.54, 1.807) is 18.3 Å². The van der Waals surface area contributed by atoms with Crippen molar-refractivity contribution in [3.05, 3.63) is 23.9 Å². The van der Waals surface area contributed by atoms with Crippen LogP contribution in [-0.2, 0) is 0 Å². The minimum Gasteiger partial charge on any atom is -0.480 e. The van der Waals surface area contributed by atoms with Crippen LogP contribution >= 0.6 is 0 Å². The number of hydrogen-bond acceptors (Lipinski definition) is 4. The van der Waals surface area contributed by atoms with Gasteiger partial charge in [0.15, 0.2) is 0 Å². The molecule has 1 aliphatic rings. The molecule has 1 aromatic heterocycles. The van der Waals surface area contributed by atoms with E-state index in [4.69, 9.17) is 4.74 Å². The van der Waals surface area contributed by atoms with E-state index in [1.165, 1.54) is 7.11 Å².